The predicted molar refractivity (Wildman–Crippen MR) is 73.2 cm³/mol. The number of carbonyl (C=O) groups is 1. The summed E-state index contributed by atoms with van der Waals surface area (Å²) >= 11 is 0. The van der Waals surface area contributed by atoms with Crippen LogP contribution in [0.4, 0.5) is 5.69 Å². The van der Waals surface area contributed by atoms with Gasteiger partial charge in [-0.1, -0.05) is 6.07 Å². The van der Waals surface area contributed by atoms with Crippen LogP contribution in [0.1, 0.15) is 17.5 Å². The second-order valence-corrected chi connectivity index (χ2v) is 4.50. The van der Waals surface area contributed by atoms with Crippen molar-refractivity contribution in [1.82, 2.24) is 5.32 Å². The van der Waals surface area contributed by atoms with Gasteiger partial charge in [0.25, 0.3) is 0 Å². The number of nitro groups is 1. The Kier molecular flexibility index (Phi) is 5.45. The Morgan fingerprint density at radius 2 is 2.15 bits per heavy atom. The Bertz CT molecular complexity index is 516. The van der Waals surface area contributed by atoms with Gasteiger partial charge in [-0.05, 0) is 32.0 Å². The van der Waals surface area contributed by atoms with E-state index in [1.807, 2.05) is 0 Å². The molecule has 0 radical (unpaired) electrons. The Balaban J connectivity index is 2.82. The van der Waals surface area contributed by atoms with Crippen LogP contribution in [0.3, 0.4) is 0 Å². The van der Waals surface area contributed by atoms with Crippen molar-refractivity contribution in [1.29, 1.82) is 0 Å². The minimum Gasteiger partial charge on any atom is -0.487 e. The number of nitro benzene ring substituents is 1. The third-order valence-corrected chi connectivity index (χ3v) is 2.90. The van der Waals surface area contributed by atoms with E-state index in [1.165, 1.54) is 6.07 Å². The number of carboxylic acids is 1. The Morgan fingerprint density at radius 1 is 1.50 bits per heavy atom. The summed E-state index contributed by atoms with van der Waals surface area (Å²) in [5, 5.41) is 22.5. The van der Waals surface area contributed by atoms with Gasteiger partial charge in [-0.15, -0.1) is 0 Å². The number of aliphatic carboxylic acids is 1. The molecule has 0 saturated heterocycles. The van der Waals surface area contributed by atoms with Crippen molar-refractivity contribution in [2.24, 2.45) is 0 Å². The highest BCUT2D eigenvalue weighted by molar-refractivity contribution is 5.73. The molecule has 1 aromatic carbocycles. The molecule has 2 N–H and O–H groups in total. The number of ether oxygens (including phenoxy) is 1. The quantitative estimate of drug-likeness (QED) is 0.582. The number of likely N-dealkylation sites (N-methyl/N-ethyl adjacent to an activating group) is 1. The fraction of sp³-hybridized carbons (Fsp3) is 0.462. The van der Waals surface area contributed by atoms with Crippen LogP contribution in [0.25, 0.3) is 0 Å². The molecule has 0 spiro atoms. The second-order valence-electron chi connectivity index (χ2n) is 4.50. The zero-order chi connectivity index (χ0) is 15.3. The van der Waals surface area contributed by atoms with Crippen molar-refractivity contribution in [3.8, 4) is 5.75 Å². The van der Waals surface area contributed by atoms with Crippen molar-refractivity contribution in [3.63, 3.8) is 0 Å². The SMILES string of the molecule is CNC(CCOc1c(C)cc(C)cc1[N+](=O)[O-])C(=O)O. The number of benzene rings is 1. The van der Waals surface area contributed by atoms with E-state index in [2.05, 4.69) is 5.32 Å². The van der Waals surface area contributed by atoms with Gasteiger partial charge in [-0.3, -0.25) is 14.9 Å². The first-order valence-electron chi connectivity index (χ1n) is 6.15. The highest BCUT2D eigenvalue weighted by Crippen LogP contribution is 2.32. The van der Waals surface area contributed by atoms with Gasteiger partial charge in [0.05, 0.1) is 11.5 Å². The summed E-state index contributed by atoms with van der Waals surface area (Å²) in [6.07, 6.45) is 0.219. The molecule has 0 aliphatic heterocycles. The lowest BCUT2D eigenvalue weighted by Crippen LogP contribution is -2.35. The van der Waals surface area contributed by atoms with Crippen molar-refractivity contribution in [2.45, 2.75) is 26.3 Å². The van der Waals surface area contributed by atoms with Crippen molar-refractivity contribution >= 4 is 11.7 Å². The molecule has 0 saturated carbocycles. The standard InChI is InChI=1S/C13H18N2O5/c1-8-6-9(2)12(11(7-8)15(18)19)20-5-4-10(14-3)13(16)17/h6-7,10,14H,4-5H2,1-3H3,(H,16,17). The fourth-order valence-corrected chi connectivity index (χ4v) is 1.93. The Morgan fingerprint density at radius 3 is 2.65 bits per heavy atom. The number of rotatable bonds is 7. The molecule has 7 heteroatoms. The minimum atomic E-state index is -0.980. The molecule has 0 aliphatic rings. The number of aryl methyl sites for hydroxylation is 2. The second kappa shape index (κ2) is 6.85. The molecule has 0 amide bonds. The van der Waals surface area contributed by atoms with E-state index in [-0.39, 0.29) is 24.5 Å². The zero-order valence-electron chi connectivity index (χ0n) is 11.7. The lowest BCUT2D eigenvalue weighted by atomic mass is 10.1. The van der Waals surface area contributed by atoms with Crippen LogP contribution in [-0.4, -0.2) is 35.7 Å². The topological polar surface area (TPSA) is 102 Å². The van der Waals surface area contributed by atoms with E-state index < -0.39 is 16.9 Å². The molecule has 0 aliphatic carbocycles. The maximum atomic E-state index is 11.0. The summed E-state index contributed by atoms with van der Waals surface area (Å²) in [6.45, 7) is 3.58. The van der Waals surface area contributed by atoms with E-state index in [0.717, 1.165) is 5.56 Å². The molecule has 1 unspecified atom stereocenters. The number of carboxylic acid groups (broad SMARTS) is 1. The molecule has 0 fully saturated rings. The average Bonchev–Trinajstić information content (AvgIpc) is 2.35. The van der Waals surface area contributed by atoms with Gasteiger partial charge < -0.3 is 15.2 Å². The zero-order valence-corrected chi connectivity index (χ0v) is 11.7. The van der Waals surface area contributed by atoms with E-state index >= 15 is 0 Å². The summed E-state index contributed by atoms with van der Waals surface area (Å²) in [5.74, 6) is -0.785. The van der Waals surface area contributed by atoms with Crippen LogP contribution < -0.4 is 10.1 Å². The molecule has 7 nitrogen and oxygen atoms in total. The summed E-state index contributed by atoms with van der Waals surface area (Å²) in [5.41, 5.74) is 1.34. The third-order valence-electron chi connectivity index (χ3n) is 2.90. The maximum absolute atomic E-state index is 11.0. The monoisotopic (exact) mass is 282 g/mol. The number of nitrogens with one attached hydrogen (secondary N) is 1. The normalized spacial score (nSPS) is 11.9. The molecule has 0 bridgehead atoms. The molecule has 1 atom stereocenters. The van der Waals surface area contributed by atoms with Crippen molar-refractivity contribution in [2.75, 3.05) is 13.7 Å². The van der Waals surface area contributed by atoms with Gasteiger partial charge in [0.15, 0.2) is 5.75 Å². The van der Waals surface area contributed by atoms with Gasteiger partial charge in [-0.2, -0.15) is 0 Å². The Labute approximate surface area is 116 Å². The largest absolute Gasteiger partial charge is 0.487 e. The fourth-order valence-electron chi connectivity index (χ4n) is 1.93. The smallest absolute Gasteiger partial charge is 0.320 e. The number of hydrogen-bond donors (Lipinski definition) is 2. The van der Waals surface area contributed by atoms with Crippen LogP contribution in [0.15, 0.2) is 12.1 Å². The van der Waals surface area contributed by atoms with Crippen LogP contribution in [0, 0.1) is 24.0 Å². The molecular weight excluding hydrogens is 264 g/mol. The average molecular weight is 282 g/mol. The van der Waals surface area contributed by atoms with Gasteiger partial charge >= 0.3 is 11.7 Å². The van der Waals surface area contributed by atoms with E-state index in [0.29, 0.717) is 5.56 Å². The van der Waals surface area contributed by atoms with E-state index in [9.17, 15) is 14.9 Å². The van der Waals surface area contributed by atoms with E-state index in [4.69, 9.17) is 9.84 Å². The first-order chi connectivity index (χ1) is 9.36. The Hall–Kier alpha value is -2.15. The predicted octanol–water partition coefficient (Wildman–Crippen LogP) is 1.65. The van der Waals surface area contributed by atoms with Gasteiger partial charge in [0, 0.05) is 12.5 Å². The van der Waals surface area contributed by atoms with E-state index in [1.54, 1.807) is 27.0 Å². The lowest BCUT2D eigenvalue weighted by Gasteiger charge is -2.13. The van der Waals surface area contributed by atoms with Crippen LogP contribution in [0.2, 0.25) is 0 Å². The first-order valence-corrected chi connectivity index (χ1v) is 6.15. The highest BCUT2D eigenvalue weighted by atomic mass is 16.6. The third kappa shape index (κ3) is 3.92. The molecular formula is C13H18N2O5. The lowest BCUT2D eigenvalue weighted by molar-refractivity contribution is -0.386. The first kappa shape index (κ1) is 15.9. The number of nitrogens with zero attached hydrogens (tertiary/aromatic N) is 1. The summed E-state index contributed by atoms with van der Waals surface area (Å²) in [4.78, 5) is 21.3. The molecule has 20 heavy (non-hydrogen) atoms. The van der Waals surface area contributed by atoms with Crippen LogP contribution in [0.5, 0.6) is 5.75 Å². The van der Waals surface area contributed by atoms with Crippen LogP contribution in [-0.2, 0) is 4.79 Å². The highest BCUT2D eigenvalue weighted by Gasteiger charge is 2.20. The van der Waals surface area contributed by atoms with Crippen LogP contribution >= 0.6 is 0 Å². The van der Waals surface area contributed by atoms with Gasteiger partial charge in [0.1, 0.15) is 6.04 Å². The molecule has 0 heterocycles. The minimum absolute atomic E-state index is 0.0859. The molecule has 110 valence electrons. The number of hydrogen-bond acceptors (Lipinski definition) is 5. The maximum Gasteiger partial charge on any atom is 0.320 e. The van der Waals surface area contributed by atoms with Gasteiger partial charge in [0.2, 0.25) is 0 Å². The molecule has 0 aromatic heterocycles. The van der Waals surface area contributed by atoms with Crippen molar-refractivity contribution < 1.29 is 19.6 Å². The van der Waals surface area contributed by atoms with Crippen molar-refractivity contribution in [3.05, 3.63) is 33.4 Å². The van der Waals surface area contributed by atoms with Gasteiger partial charge in [-0.25, -0.2) is 0 Å². The molecule has 1 aromatic rings. The summed E-state index contributed by atoms with van der Waals surface area (Å²) in [7, 11) is 1.54. The summed E-state index contributed by atoms with van der Waals surface area (Å²) in [6, 6.07) is 2.49. The summed E-state index contributed by atoms with van der Waals surface area (Å²) < 4.78 is 5.42. The molecule has 1 rings (SSSR count).